The molecule has 0 spiro atoms. The summed E-state index contributed by atoms with van der Waals surface area (Å²) in [5, 5.41) is 9.53. The number of para-hydroxylation sites is 1. The second-order valence-corrected chi connectivity index (χ2v) is 3.97. The number of hydrogen-bond donors (Lipinski definition) is 1. The SMILES string of the molecule is C=C(C)C[C@@H](O)CC#CCOc1ccccc1. The van der Waals surface area contributed by atoms with Crippen LogP contribution in [0.2, 0.25) is 0 Å². The molecule has 90 valence electrons. The average Bonchev–Trinajstić information content (AvgIpc) is 2.29. The van der Waals surface area contributed by atoms with Gasteiger partial charge in [0, 0.05) is 6.42 Å². The van der Waals surface area contributed by atoms with E-state index in [9.17, 15) is 5.11 Å². The van der Waals surface area contributed by atoms with Crippen LogP contribution in [0.15, 0.2) is 42.5 Å². The van der Waals surface area contributed by atoms with Crippen molar-refractivity contribution in [1.29, 1.82) is 0 Å². The van der Waals surface area contributed by atoms with Crippen molar-refractivity contribution in [1.82, 2.24) is 0 Å². The van der Waals surface area contributed by atoms with Crippen LogP contribution in [0.1, 0.15) is 19.8 Å². The van der Waals surface area contributed by atoms with Gasteiger partial charge in [-0.3, -0.25) is 0 Å². The Balaban J connectivity index is 2.21. The number of benzene rings is 1. The molecule has 0 amide bonds. The fourth-order valence-electron chi connectivity index (χ4n) is 1.35. The van der Waals surface area contributed by atoms with E-state index in [0.29, 0.717) is 19.4 Å². The average molecular weight is 230 g/mol. The van der Waals surface area contributed by atoms with Crippen molar-refractivity contribution in [3.63, 3.8) is 0 Å². The first-order chi connectivity index (χ1) is 8.18. The van der Waals surface area contributed by atoms with Gasteiger partial charge in [-0.15, -0.1) is 6.58 Å². The topological polar surface area (TPSA) is 29.5 Å². The van der Waals surface area contributed by atoms with Gasteiger partial charge < -0.3 is 9.84 Å². The van der Waals surface area contributed by atoms with Crippen LogP contribution in [0.5, 0.6) is 5.75 Å². The summed E-state index contributed by atoms with van der Waals surface area (Å²) < 4.78 is 5.40. The molecule has 1 rings (SSSR count). The van der Waals surface area contributed by atoms with Crippen molar-refractivity contribution < 1.29 is 9.84 Å². The van der Waals surface area contributed by atoms with Gasteiger partial charge in [0.25, 0.3) is 0 Å². The van der Waals surface area contributed by atoms with Crippen LogP contribution in [0.3, 0.4) is 0 Å². The van der Waals surface area contributed by atoms with E-state index < -0.39 is 6.10 Å². The van der Waals surface area contributed by atoms with Gasteiger partial charge in [-0.2, -0.15) is 0 Å². The molecule has 1 N–H and O–H groups in total. The zero-order valence-corrected chi connectivity index (χ0v) is 10.1. The third kappa shape index (κ3) is 6.44. The highest BCUT2D eigenvalue weighted by Gasteiger charge is 2.00. The van der Waals surface area contributed by atoms with Crippen molar-refractivity contribution >= 4 is 0 Å². The molecule has 17 heavy (non-hydrogen) atoms. The lowest BCUT2D eigenvalue weighted by molar-refractivity contribution is 0.180. The highest BCUT2D eigenvalue weighted by molar-refractivity contribution is 5.21. The molecule has 0 aromatic heterocycles. The van der Waals surface area contributed by atoms with Crippen molar-refractivity contribution in [3.05, 3.63) is 42.5 Å². The normalized spacial score (nSPS) is 11.2. The molecule has 0 saturated carbocycles. The molecule has 1 aromatic carbocycles. The summed E-state index contributed by atoms with van der Waals surface area (Å²) in [7, 11) is 0. The Kier molecular flexibility index (Phi) is 5.92. The van der Waals surface area contributed by atoms with Gasteiger partial charge in [0.1, 0.15) is 12.4 Å². The maximum atomic E-state index is 9.53. The molecular weight excluding hydrogens is 212 g/mol. The van der Waals surface area contributed by atoms with Gasteiger partial charge in [0.05, 0.1) is 6.10 Å². The first-order valence-corrected chi connectivity index (χ1v) is 5.64. The minimum absolute atomic E-state index is 0.351. The van der Waals surface area contributed by atoms with E-state index in [1.165, 1.54) is 0 Å². The Morgan fingerprint density at radius 3 is 2.71 bits per heavy atom. The Morgan fingerprint density at radius 2 is 2.06 bits per heavy atom. The van der Waals surface area contributed by atoms with Crippen LogP contribution < -0.4 is 4.74 Å². The van der Waals surface area contributed by atoms with Crippen molar-refractivity contribution in [2.75, 3.05) is 6.61 Å². The van der Waals surface area contributed by atoms with Gasteiger partial charge in [-0.25, -0.2) is 0 Å². The molecule has 0 aliphatic carbocycles. The highest BCUT2D eigenvalue weighted by atomic mass is 16.5. The predicted octanol–water partition coefficient (Wildman–Crippen LogP) is 2.79. The summed E-state index contributed by atoms with van der Waals surface area (Å²) in [6.07, 6.45) is 0.649. The Hall–Kier alpha value is -1.72. The van der Waals surface area contributed by atoms with Gasteiger partial charge in [0.2, 0.25) is 0 Å². The monoisotopic (exact) mass is 230 g/mol. The van der Waals surface area contributed by atoms with Crippen LogP contribution in [0, 0.1) is 11.8 Å². The maximum Gasteiger partial charge on any atom is 0.149 e. The van der Waals surface area contributed by atoms with E-state index >= 15 is 0 Å². The quantitative estimate of drug-likeness (QED) is 0.622. The van der Waals surface area contributed by atoms with Crippen LogP contribution in [0.4, 0.5) is 0 Å². The van der Waals surface area contributed by atoms with Crippen molar-refractivity contribution in [2.24, 2.45) is 0 Å². The zero-order chi connectivity index (χ0) is 12.5. The summed E-state index contributed by atoms with van der Waals surface area (Å²) in [6, 6.07) is 9.54. The van der Waals surface area contributed by atoms with E-state index in [1.807, 2.05) is 37.3 Å². The fraction of sp³-hybridized carbons (Fsp3) is 0.333. The summed E-state index contributed by atoms with van der Waals surface area (Å²) in [4.78, 5) is 0. The lowest BCUT2D eigenvalue weighted by Crippen LogP contribution is -2.05. The molecule has 0 saturated heterocycles. The van der Waals surface area contributed by atoms with Crippen LogP contribution in [-0.2, 0) is 0 Å². The van der Waals surface area contributed by atoms with Crippen LogP contribution in [-0.4, -0.2) is 17.8 Å². The summed E-state index contributed by atoms with van der Waals surface area (Å²) in [5.74, 6) is 6.58. The Labute approximate surface area is 103 Å². The smallest absolute Gasteiger partial charge is 0.149 e. The molecule has 1 aromatic rings. The number of rotatable bonds is 5. The second-order valence-electron chi connectivity index (χ2n) is 3.97. The fourth-order valence-corrected chi connectivity index (χ4v) is 1.35. The number of ether oxygens (including phenoxy) is 1. The molecule has 0 unspecified atom stereocenters. The van der Waals surface area contributed by atoms with E-state index in [2.05, 4.69) is 18.4 Å². The molecule has 0 heterocycles. The van der Waals surface area contributed by atoms with Crippen LogP contribution in [0.25, 0.3) is 0 Å². The number of aliphatic hydroxyl groups excluding tert-OH is 1. The van der Waals surface area contributed by atoms with Crippen molar-refractivity contribution in [3.8, 4) is 17.6 Å². The lowest BCUT2D eigenvalue weighted by Gasteiger charge is -2.05. The first kappa shape index (κ1) is 13.3. The molecule has 2 heteroatoms. The molecule has 1 atom stereocenters. The molecular formula is C15H18O2. The largest absolute Gasteiger partial charge is 0.481 e. The number of aliphatic hydroxyl groups is 1. The summed E-state index contributed by atoms with van der Waals surface area (Å²) >= 11 is 0. The molecule has 0 aliphatic rings. The molecule has 0 bridgehead atoms. The van der Waals surface area contributed by atoms with E-state index in [4.69, 9.17) is 4.74 Å². The molecule has 0 fully saturated rings. The maximum absolute atomic E-state index is 9.53. The molecule has 0 aliphatic heterocycles. The van der Waals surface area contributed by atoms with E-state index in [0.717, 1.165) is 11.3 Å². The summed E-state index contributed by atoms with van der Waals surface area (Å²) in [6.45, 7) is 6.00. The first-order valence-electron chi connectivity index (χ1n) is 5.64. The van der Waals surface area contributed by atoms with Gasteiger partial charge in [-0.1, -0.05) is 35.6 Å². The third-order valence-corrected chi connectivity index (χ3v) is 2.10. The standard InChI is InChI=1S/C15H18O2/c1-13(2)12-14(16)8-6-7-11-17-15-9-4-3-5-10-15/h3-5,9-10,14,16H,1,8,11-12H2,2H3/t14-/m0/s1. The Bertz CT molecular complexity index is 398. The zero-order valence-electron chi connectivity index (χ0n) is 10.1. The minimum Gasteiger partial charge on any atom is -0.481 e. The highest BCUT2D eigenvalue weighted by Crippen LogP contribution is 2.07. The minimum atomic E-state index is -0.420. The number of hydrogen-bond acceptors (Lipinski definition) is 2. The van der Waals surface area contributed by atoms with E-state index in [1.54, 1.807) is 0 Å². The van der Waals surface area contributed by atoms with E-state index in [-0.39, 0.29) is 0 Å². The molecule has 0 radical (unpaired) electrons. The van der Waals surface area contributed by atoms with Gasteiger partial charge in [0.15, 0.2) is 0 Å². The lowest BCUT2D eigenvalue weighted by atomic mass is 10.1. The second kappa shape index (κ2) is 7.54. The third-order valence-electron chi connectivity index (χ3n) is 2.10. The van der Waals surface area contributed by atoms with Gasteiger partial charge in [-0.05, 0) is 25.5 Å². The predicted molar refractivity (Wildman–Crippen MR) is 69.8 cm³/mol. The Morgan fingerprint density at radius 1 is 1.35 bits per heavy atom. The molecule has 2 nitrogen and oxygen atoms in total. The van der Waals surface area contributed by atoms with Gasteiger partial charge >= 0.3 is 0 Å². The summed E-state index contributed by atoms with van der Waals surface area (Å²) in [5.41, 5.74) is 0.972. The van der Waals surface area contributed by atoms with Crippen molar-refractivity contribution in [2.45, 2.75) is 25.9 Å². The van der Waals surface area contributed by atoms with Crippen LogP contribution >= 0.6 is 0 Å².